The van der Waals surface area contributed by atoms with Crippen molar-refractivity contribution in [3.8, 4) is 0 Å². The van der Waals surface area contributed by atoms with Crippen LogP contribution in [0.4, 0.5) is 0 Å². The molecule has 0 aliphatic heterocycles. The average molecular weight is 181 g/mol. The van der Waals surface area contributed by atoms with Crippen molar-refractivity contribution in [3.05, 3.63) is 17.5 Å². The average Bonchev–Trinajstić information content (AvgIpc) is 2.28. The van der Waals surface area contributed by atoms with Crippen molar-refractivity contribution in [3.63, 3.8) is 0 Å². The molecule has 1 N–H and O–H groups in total. The lowest BCUT2D eigenvalue weighted by Crippen LogP contribution is -2.31. The molecule has 0 fully saturated rings. The Morgan fingerprint density at radius 2 is 2.23 bits per heavy atom. The first-order chi connectivity index (χ1) is 6.00. The van der Waals surface area contributed by atoms with Crippen LogP contribution in [-0.4, -0.2) is 21.7 Å². The second kappa shape index (κ2) is 3.60. The highest BCUT2D eigenvalue weighted by atomic mass is 16.2. The van der Waals surface area contributed by atoms with E-state index < -0.39 is 0 Å². The summed E-state index contributed by atoms with van der Waals surface area (Å²) in [5.74, 6) is -0.0712. The van der Waals surface area contributed by atoms with E-state index in [-0.39, 0.29) is 11.9 Å². The third-order valence-corrected chi connectivity index (χ3v) is 1.65. The van der Waals surface area contributed by atoms with Gasteiger partial charge in [-0.25, -0.2) is 0 Å². The van der Waals surface area contributed by atoms with E-state index in [0.29, 0.717) is 5.69 Å². The number of aromatic nitrogens is 2. The minimum Gasteiger partial charge on any atom is -0.349 e. The van der Waals surface area contributed by atoms with E-state index in [0.717, 1.165) is 5.69 Å². The summed E-state index contributed by atoms with van der Waals surface area (Å²) in [7, 11) is 1.77. The largest absolute Gasteiger partial charge is 0.349 e. The first-order valence-electron chi connectivity index (χ1n) is 4.32. The van der Waals surface area contributed by atoms with Crippen molar-refractivity contribution in [2.75, 3.05) is 0 Å². The van der Waals surface area contributed by atoms with Crippen molar-refractivity contribution >= 4 is 5.91 Å². The van der Waals surface area contributed by atoms with E-state index in [4.69, 9.17) is 0 Å². The Labute approximate surface area is 77.9 Å². The Morgan fingerprint density at radius 1 is 1.62 bits per heavy atom. The summed E-state index contributed by atoms with van der Waals surface area (Å²) < 4.78 is 1.59. The van der Waals surface area contributed by atoms with Gasteiger partial charge < -0.3 is 5.32 Å². The number of rotatable bonds is 2. The van der Waals surface area contributed by atoms with Crippen LogP contribution in [0.3, 0.4) is 0 Å². The number of carbonyl (C=O) groups is 1. The number of nitrogens with zero attached hydrogens (tertiary/aromatic N) is 2. The highest BCUT2D eigenvalue weighted by molar-refractivity contribution is 5.92. The molecule has 0 unspecified atom stereocenters. The maximum absolute atomic E-state index is 11.5. The Hall–Kier alpha value is -1.32. The Morgan fingerprint density at radius 3 is 2.62 bits per heavy atom. The van der Waals surface area contributed by atoms with E-state index in [2.05, 4.69) is 10.4 Å². The van der Waals surface area contributed by atoms with E-state index in [1.807, 2.05) is 20.8 Å². The first kappa shape index (κ1) is 9.77. The van der Waals surface area contributed by atoms with Gasteiger partial charge in [0.25, 0.3) is 5.91 Å². The van der Waals surface area contributed by atoms with Crippen molar-refractivity contribution in [2.45, 2.75) is 26.8 Å². The molecule has 4 heteroatoms. The van der Waals surface area contributed by atoms with Crippen LogP contribution in [0, 0.1) is 6.92 Å². The van der Waals surface area contributed by atoms with E-state index in [1.54, 1.807) is 17.8 Å². The molecule has 0 radical (unpaired) electrons. The molecule has 0 aromatic carbocycles. The molecule has 0 bridgehead atoms. The SMILES string of the molecule is Cc1cc(C(=O)NC(C)C)n(C)n1. The fourth-order valence-corrected chi connectivity index (χ4v) is 1.16. The number of nitrogens with one attached hydrogen (secondary N) is 1. The summed E-state index contributed by atoms with van der Waals surface area (Å²) in [6.45, 7) is 5.73. The van der Waals surface area contributed by atoms with Gasteiger partial charge in [-0.05, 0) is 26.8 Å². The van der Waals surface area contributed by atoms with E-state index in [1.165, 1.54) is 0 Å². The fraction of sp³-hybridized carbons (Fsp3) is 0.556. The van der Waals surface area contributed by atoms with Gasteiger partial charge in [-0.3, -0.25) is 9.48 Å². The summed E-state index contributed by atoms with van der Waals surface area (Å²) in [4.78, 5) is 11.5. The predicted octanol–water partition coefficient (Wildman–Crippen LogP) is 0.867. The zero-order chi connectivity index (χ0) is 10.0. The molecule has 1 aromatic rings. The monoisotopic (exact) mass is 181 g/mol. The quantitative estimate of drug-likeness (QED) is 0.735. The van der Waals surface area contributed by atoms with E-state index >= 15 is 0 Å². The van der Waals surface area contributed by atoms with Crippen molar-refractivity contribution in [2.24, 2.45) is 7.05 Å². The highest BCUT2D eigenvalue weighted by Gasteiger charge is 2.11. The molecule has 0 spiro atoms. The molecule has 1 amide bonds. The van der Waals surface area contributed by atoms with Crippen LogP contribution < -0.4 is 5.32 Å². The molecule has 0 aliphatic carbocycles. The molecule has 0 saturated heterocycles. The normalized spacial score (nSPS) is 10.5. The van der Waals surface area contributed by atoms with Gasteiger partial charge in [0.2, 0.25) is 0 Å². The van der Waals surface area contributed by atoms with Crippen molar-refractivity contribution in [1.82, 2.24) is 15.1 Å². The van der Waals surface area contributed by atoms with Gasteiger partial charge in [-0.2, -0.15) is 5.10 Å². The molecule has 1 aromatic heterocycles. The number of hydrogen-bond donors (Lipinski definition) is 1. The summed E-state index contributed by atoms with van der Waals surface area (Å²) in [5, 5.41) is 6.91. The van der Waals surface area contributed by atoms with Gasteiger partial charge in [0.15, 0.2) is 0 Å². The molecule has 0 saturated carbocycles. The van der Waals surface area contributed by atoms with Crippen molar-refractivity contribution in [1.29, 1.82) is 0 Å². The van der Waals surface area contributed by atoms with Crippen LogP contribution in [-0.2, 0) is 7.05 Å². The number of hydrogen-bond acceptors (Lipinski definition) is 2. The molecule has 72 valence electrons. The molecule has 1 rings (SSSR count). The Balaban J connectivity index is 2.82. The van der Waals surface area contributed by atoms with Gasteiger partial charge >= 0.3 is 0 Å². The standard InChI is InChI=1S/C9H15N3O/c1-6(2)10-9(13)8-5-7(3)11-12(8)4/h5-6H,1-4H3,(H,10,13). The molecule has 1 heterocycles. The van der Waals surface area contributed by atoms with Crippen LogP contribution in [0.25, 0.3) is 0 Å². The third kappa shape index (κ3) is 2.31. The lowest BCUT2D eigenvalue weighted by atomic mass is 10.3. The van der Waals surface area contributed by atoms with Gasteiger partial charge in [-0.15, -0.1) is 0 Å². The van der Waals surface area contributed by atoms with Crippen LogP contribution in [0.15, 0.2) is 6.07 Å². The summed E-state index contributed by atoms with van der Waals surface area (Å²) in [6, 6.07) is 1.93. The molecule has 4 nitrogen and oxygen atoms in total. The highest BCUT2D eigenvalue weighted by Crippen LogP contribution is 2.01. The van der Waals surface area contributed by atoms with Gasteiger partial charge in [-0.1, -0.05) is 0 Å². The molecule has 13 heavy (non-hydrogen) atoms. The second-order valence-corrected chi connectivity index (χ2v) is 3.42. The third-order valence-electron chi connectivity index (χ3n) is 1.65. The smallest absolute Gasteiger partial charge is 0.269 e. The number of carbonyl (C=O) groups excluding carboxylic acids is 1. The van der Waals surface area contributed by atoms with Crippen LogP contribution in [0.1, 0.15) is 30.0 Å². The van der Waals surface area contributed by atoms with Gasteiger partial charge in [0, 0.05) is 13.1 Å². The van der Waals surface area contributed by atoms with Crippen molar-refractivity contribution < 1.29 is 4.79 Å². The molecule has 0 aliphatic rings. The fourth-order valence-electron chi connectivity index (χ4n) is 1.16. The van der Waals surface area contributed by atoms with Gasteiger partial charge in [0.05, 0.1) is 5.69 Å². The van der Waals surface area contributed by atoms with Crippen LogP contribution >= 0.6 is 0 Å². The molecule has 0 atom stereocenters. The Bertz CT molecular complexity index is 315. The first-order valence-corrected chi connectivity index (χ1v) is 4.32. The van der Waals surface area contributed by atoms with Crippen LogP contribution in [0.5, 0.6) is 0 Å². The molecular weight excluding hydrogens is 166 g/mol. The maximum Gasteiger partial charge on any atom is 0.269 e. The lowest BCUT2D eigenvalue weighted by Gasteiger charge is -2.07. The lowest BCUT2D eigenvalue weighted by molar-refractivity contribution is 0.0933. The number of aryl methyl sites for hydroxylation is 2. The minimum atomic E-state index is -0.0712. The minimum absolute atomic E-state index is 0.0712. The summed E-state index contributed by atoms with van der Waals surface area (Å²) in [5.41, 5.74) is 1.46. The molecular formula is C9H15N3O. The van der Waals surface area contributed by atoms with E-state index in [9.17, 15) is 4.79 Å². The van der Waals surface area contributed by atoms with Crippen LogP contribution in [0.2, 0.25) is 0 Å². The summed E-state index contributed by atoms with van der Waals surface area (Å²) >= 11 is 0. The maximum atomic E-state index is 11.5. The Kier molecular flexibility index (Phi) is 2.70. The number of amides is 1. The topological polar surface area (TPSA) is 46.9 Å². The predicted molar refractivity (Wildman–Crippen MR) is 50.5 cm³/mol. The second-order valence-electron chi connectivity index (χ2n) is 3.42. The zero-order valence-corrected chi connectivity index (χ0v) is 8.46. The van der Waals surface area contributed by atoms with Gasteiger partial charge in [0.1, 0.15) is 5.69 Å². The summed E-state index contributed by atoms with van der Waals surface area (Å²) in [6.07, 6.45) is 0. The zero-order valence-electron chi connectivity index (χ0n) is 8.46.